The summed E-state index contributed by atoms with van der Waals surface area (Å²) in [6.07, 6.45) is 5.71. The predicted octanol–water partition coefficient (Wildman–Crippen LogP) is 6.08. The van der Waals surface area contributed by atoms with Crippen LogP contribution in [-0.2, 0) is 10.0 Å². The molecule has 9 heteroatoms. The molecule has 0 radical (unpaired) electrons. The maximum absolute atomic E-state index is 11.6. The molecule has 37 heavy (non-hydrogen) atoms. The van der Waals surface area contributed by atoms with Gasteiger partial charge in [0, 0.05) is 29.0 Å². The lowest BCUT2D eigenvalue weighted by Crippen LogP contribution is -2.09. The fourth-order valence-corrected chi connectivity index (χ4v) is 4.37. The fraction of sp³-hybridized carbons (Fsp3) is 0.0357. The summed E-state index contributed by atoms with van der Waals surface area (Å²) < 4.78 is 31.6. The number of nitrogens with one attached hydrogen (secondary N) is 2. The zero-order valence-electron chi connectivity index (χ0n) is 19.7. The van der Waals surface area contributed by atoms with E-state index in [-0.39, 0.29) is 0 Å². The molecule has 0 amide bonds. The van der Waals surface area contributed by atoms with Gasteiger partial charge in [0.2, 0.25) is 10.0 Å². The molecule has 0 atom stereocenters. The molecule has 2 heterocycles. The molecule has 2 N–H and O–H groups in total. The van der Waals surface area contributed by atoms with Crippen LogP contribution in [-0.4, -0.2) is 24.6 Å². The van der Waals surface area contributed by atoms with E-state index in [1.165, 1.54) is 12.4 Å². The lowest BCUT2D eigenvalue weighted by molar-refractivity contribution is 0.483. The average molecular weight is 508 g/mol. The summed E-state index contributed by atoms with van der Waals surface area (Å²) >= 11 is 0. The second-order valence-electron chi connectivity index (χ2n) is 8.29. The van der Waals surface area contributed by atoms with Gasteiger partial charge in [-0.05, 0) is 60.2 Å². The molecule has 8 nitrogen and oxygen atoms in total. The van der Waals surface area contributed by atoms with Crippen LogP contribution in [0.1, 0.15) is 5.56 Å². The first-order valence-corrected chi connectivity index (χ1v) is 13.1. The Bertz CT molecular complexity index is 1730. The number of rotatable bonds is 7. The van der Waals surface area contributed by atoms with E-state index in [0.717, 1.165) is 28.6 Å². The summed E-state index contributed by atoms with van der Waals surface area (Å²) in [5.74, 6) is 1.43. The number of hydrogen-bond acceptors (Lipinski definition) is 7. The van der Waals surface area contributed by atoms with Crippen LogP contribution >= 0.6 is 0 Å². The zero-order valence-corrected chi connectivity index (χ0v) is 20.5. The Balaban J connectivity index is 1.49. The van der Waals surface area contributed by atoms with E-state index in [0.29, 0.717) is 33.8 Å². The summed E-state index contributed by atoms with van der Waals surface area (Å²) in [6, 6.07) is 26.5. The van der Waals surface area contributed by atoms with Gasteiger partial charge in [-0.25, -0.2) is 8.42 Å². The summed E-state index contributed by atoms with van der Waals surface area (Å²) in [5, 5.41) is 13.9. The van der Waals surface area contributed by atoms with Crippen molar-refractivity contribution in [3.63, 3.8) is 0 Å². The Kier molecular flexibility index (Phi) is 6.41. The highest BCUT2D eigenvalue weighted by Crippen LogP contribution is 2.33. The molecule has 0 saturated heterocycles. The Morgan fingerprint density at radius 2 is 1.59 bits per heavy atom. The lowest BCUT2D eigenvalue weighted by atomic mass is 10.0. The molecular formula is C28H21N5O3S. The van der Waals surface area contributed by atoms with Gasteiger partial charge in [-0.15, -0.1) is 0 Å². The molecule has 2 aromatic heterocycles. The molecule has 0 aliphatic carbocycles. The van der Waals surface area contributed by atoms with Crippen molar-refractivity contribution in [1.29, 1.82) is 5.26 Å². The van der Waals surface area contributed by atoms with E-state index < -0.39 is 10.0 Å². The van der Waals surface area contributed by atoms with E-state index in [4.69, 9.17) is 4.74 Å². The SMILES string of the molecule is CS(=O)(=O)Nc1cncc(-c2ccc3ncc(C#N)c(Nc4ccc(Oc5ccccc5)cc4)c3c2)c1. The monoisotopic (exact) mass is 507 g/mol. The number of sulfonamides is 1. The minimum Gasteiger partial charge on any atom is -0.457 e. The quantitative estimate of drug-likeness (QED) is 0.274. The van der Waals surface area contributed by atoms with Crippen LogP contribution in [0.15, 0.2) is 97.5 Å². The Hall–Kier alpha value is -4.94. The van der Waals surface area contributed by atoms with Gasteiger partial charge in [0.25, 0.3) is 0 Å². The third kappa shape index (κ3) is 5.66. The highest BCUT2D eigenvalue weighted by molar-refractivity contribution is 7.92. The topological polar surface area (TPSA) is 117 Å². The second kappa shape index (κ2) is 9.97. The van der Waals surface area contributed by atoms with Crippen molar-refractivity contribution >= 4 is 38.0 Å². The Labute approximate surface area is 214 Å². The number of aromatic nitrogens is 2. The van der Waals surface area contributed by atoms with E-state index >= 15 is 0 Å². The molecule has 0 bridgehead atoms. The number of nitriles is 1. The molecule has 0 spiro atoms. The van der Waals surface area contributed by atoms with Crippen molar-refractivity contribution in [1.82, 2.24) is 9.97 Å². The van der Waals surface area contributed by atoms with E-state index in [2.05, 4.69) is 26.1 Å². The standard InChI is InChI=1S/C28H21N5O3S/c1-37(34,35)33-23-13-20(16-30-18-23)19-7-12-27-26(14-19)28(21(15-29)17-31-27)32-22-8-10-25(11-9-22)36-24-5-3-2-4-6-24/h2-14,16-18,33H,1H3,(H,31,32). The van der Waals surface area contributed by atoms with Gasteiger partial charge >= 0.3 is 0 Å². The van der Waals surface area contributed by atoms with Gasteiger partial charge in [0.1, 0.15) is 17.6 Å². The van der Waals surface area contributed by atoms with E-state index in [1.54, 1.807) is 12.3 Å². The highest BCUT2D eigenvalue weighted by atomic mass is 32.2. The van der Waals surface area contributed by atoms with Crippen LogP contribution in [0, 0.1) is 11.3 Å². The number of fused-ring (bicyclic) bond motifs is 1. The molecule has 3 aromatic carbocycles. The number of pyridine rings is 2. The molecule has 5 rings (SSSR count). The van der Waals surface area contributed by atoms with Crippen molar-refractivity contribution in [3.8, 4) is 28.7 Å². The highest BCUT2D eigenvalue weighted by Gasteiger charge is 2.12. The Morgan fingerprint density at radius 1 is 0.838 bits per heavy atom. The van der Waals surface area contributed by atoms with Crippen molar-refractivity contribution in [2.75, 3.05) is 16.3 Å². The number of hydrogen-bond donors (Lipinski definition) is 2. The van der Waals surface area contributed by atoms with Crippen LogP contribution in [0.3, 0.4) is 0 Å². The van der Waals surface area contributed by atoms with Crippen LogP contribution in [0.4, 0.5) is 17.1 Å². The number of benzene rings is 3. The molecule has 0 fully saturated rings. The third-order valence-electron chi connectivity index (χ3n) is 5.47. The predicted molar refractivity (Wildman–Crippen MR) is 144 cm³/mol. The smallest absolute Gasteiger partial charge is 0.229 e. The molecule has 0 saturated carbocycles. The summed E-state index contributed by atoms with van der Waals surface area (Å²) in [5.41, 5.74) is 4.35. The van der Waals surface area contributed by atoms with Gasteiger partial charge < -0.3 is 10.1 Å². The van der Waals surface area contributed by atoms with Crippen molar-refractivity contribution in [2.45, 2.75) is 0 Å². The lowest BCUT2D eigenvalue weighted by Gasteiger charge is -2.14. The van der Waals surface area contributed by atoms with Gasteiger partial charge in [-0.3, -0.25) is 14.7 Å². The van der Waals surface area contributed by atoms with E-state index in [9.17, 15) is 13.7 Å². The van der Waals surface area contributed by atoms with Crippen LogP contribution < -0.4 is 14.8 Å². The summed E-state index contributed by atoms with van der Waals surface area (Å²) in [7, 11) is -3.44. The zero-order chi connectivity index (χ0) is 25.8. The third-order valence-corrected chi connectivity index (χ3v) is 6.07. The van der Waals surface area contributed by atoms with Crippen molar-refractivity contribution < 1.29 is 13.2 Å². The first-order valence-electron chi connectivity index (χ1n) is 11.2. The van der Waals surface area contributed by atoms with Gasteiger partial charge in [0.05, 0.1) is 34.9 Å². The molecular weight excluding hydrogens is 486 g/mol. The maximum Gasteiger partial charge on any atom is 0.229 e. The Morgan fingerprint density at radius 3 is 2.32 bits per heavy atom. The van der Waals surface area contributed by atoms with E-state index in [1.807, 2.05) is 72.8 Å². The van der Waals surface area contributed by atoms with Gasteiger partial charge in [-0.2, -0.15) is 5.26 Å². The number of para-hydroxylation sites is 1. The molecule has 0 aliphatic heterocycles. The number of anilines is 3. The minimum absolute atomic E-state index is 0.361. The van der Waals surface area contributed by atoms with Crippen molar-refractivity contribution in [3.05, 3.63) is 103 Å². The molecule has 0 unspecified atom stereocenters. The average Bonchev–Trinajstić information content (AvgIpc) is 2.89. The number of ether oxygens (including phenoxy) is 1. The van der Waals surface area contributed by atoms with Crippen molar-refractivity contribution in [2.24, 2.45) is 0 Å². The second-order valence-corrected chi connectivity index (χ2v) is 10.0. The van der Waals surface area contributed by atoms with Crippen LogP contribution in [0.2, 0.25) is 0 Å². The molecule has 0 aliphatic rings. The number of nitrogens with zero attached hydrogens (tertiary/aromatic N) is 3. The van der Waals surface area contributed by atoms with Gasteiger partial charge in [0.15, 0.2) is 0 Å². The molecule has 182 valence electrons. The maximum atomic E-state index is 11.6. The summed E-state index contributed by atoms with van der Waals surface area (Å²) in [4.78, 5) is 8.59. The van der Waals surface area contributed by atoms with Crippen LogP contribution in [0.25, 0.3) is 22.0 Å². The minimum atomic E-state index is -3.44. The molecule has 5 aromatic rings. The first-order chi connectivity index (χ1) is 17.9. The largest absolute Gasteiger partial charge is 0.457 e. The first kappa shape index (κ1) is 23.8. The fourth-order valence-electron chi connectivity index (χ4n) is 3.83. The normalized spacial score (nSPS) is 11.0. The van der Waals surface area contributed by atoms with Crippen LogP contribution in [0.5, 0.6) is 11.5 Å². The van der Waals surface area contributed by atoms with Gasteiger partial charge in [-0.1, -0.05) is 24.3 Å². The summed E-state index contributed by atoms with van der Waals surface area (Å²) in [6.45, 7) is 0.